The van der Waals surface area contributed by atoms with Gasteiger partial charge in [-0.05, 0) is 13.0 Å². The van der Waals surface area contributed by atoms with Crippen molar-refractivity contribution in [1.82, 2.24) is 15.0 Å². The average Bonchev–Trinajstić information content (AvgIpc) is 2.76. The normalized spacial score (nSPS) is 14.9. The fourth-order valence-electron chi connectivity index (χ4n) is 3.73. The van der Waals surface area contributed by atoms with Gasteiger partial charge in [-0.2, -0.15) is 0 Å². The van der Waals surface area contributed by atoms with Crippen LogP contribution in [0.5, 0.6) is 11.5 Å². The topological polar surface area (TPSA) is 72.8 Å². The van der Waals surface area contributed by atoms with Crippen LogP contribution in [0.25, 0.3) is 22.2 Å². The molecular weight excluding hydrogens is 420 g/mol. The molecule has 1 fully saturated rings. The zero-order valence-corrected chi connectivity index (χ0v) is 18.9. The van der Waals surface area contributed by atoms with Gasteiger partial charge in [0.05, 0.1) is 44.2 Å². The maximum atomic E-state index is 15.2. The van der Waals surface area contributed by atoms with E-state index < -0.39 is 11.6 Å². The van der Waals surface area contributed by atoms with Crippen molar-refractivity contribution < 1.29 is 23.0 Å². The van der Waals surface area contributed by atoms with Gasteiger partial charge in [0.15, 0.2) is 29.0 Å². The third kappa shape index (κ3) is 3.54. The van der Waals surface area contributed by atoms with Crippen molar-refractivity contribution in [1.29, 1.82) is 0 Å². The first-order valence-corrected chi connectivity index (χ1v) is 9.97. The summed E-state index contributed by atoms with van der Waals surface area (Å²) in [4.78, 5) is 17.4. The summed E-state index contributed by atoms with van der Waals surface area (Å²) in [6.07, 6.45) is 1.62. The molecule has 0 amide bonds. The molecule has 0 aliphatic carbocycles. The molecule has 0 spiro atoms. The minimum Gasteiger partial charge on any atom is -0.494 e. The van der Waals surface area contributed by atoms with E-state index in [4.69, 9.17) is 14.2 Å². The van der Waals surface area contributed by atoms with Crippen LogP contribution in [0.2, 0.25) is 0 Å². The van der Waals surface area contributed by atoms with Crippen LogP contribution in [0.4, 0.5) is 20.5 Å². The van der Waals surface area contributed by atoms with Crippen LogP contribution in [0.3, 0.4) is 0 Å². The predicted molar refractivity (Wildman–Crippen MR) is 118 cm³/mol. The molecule has 1 saturated heterocycles. The maximum Gasteiger partial charge on any atom is 0.225 e. The maximum absolute atomic E-state index is 15.2. The van der Waals surface area contributed by atoms with Crippen LogP contribution in [-0.2, 0) is 4.74 Å². The van der Waals surface area contributed by atoms with Crippen molar-refractivity contribution in [3.8, 4) is 22.8 Å². The Morgan fingerprint density at radius 1 is 1.00 bits per heavy atom. The highest BCUT2D eigenvalue weighted by Crippen LogP contribution is 2.40. The highest BCUT2D eigenvalue weighted by atomic mass is 19.1. The Morgan fingerprint density at radius 2 is 1.62 bits per heavy atom. The predicted octanol–water partition coefficient (Wildman–Crippen LogP) is 3.28. The molecule has 3 aromatic rings. The lowest BCUT2D eigenvalue weighted by molar-refractivity contribution is -0.0170. The zero-order chi connectivity index (χ0) is 23.2. The standard InChI is InChI=1S/C22H25F2N5O3/c1-22(32-6)10-29(11-22)20-19-12(9-25-21(27-19)28(2)3)7-13(26-20)16-17(23)14(30-4)8-15(31-5)18(16)24/h7-9H,10-11H2,1-6H3. The van der Waals surface area contributed by atoms with E-state index in [2.05, 4.69) is 15.0 Å². The molecule has 10 heteroatoms. The molecule has 0 saturated carbocycles. The summed E-state index contributed by atoms with van der Waals surface area (Å²) in [5, 5.41) is 0.599. The van der Waals surface area contributed by atoms with Crippen molar-refractivity contribution in [3.05, 3.63) is 30.0 Å². The molecule has 8 nitrogen and oxygen atoms in total. The molecule has 1 aromatic carbocycles. The molecule has 0 atom stereocenters. The van der Waals surface area contributed by atoms with Crippen LogP contribution in [0.15, 0.2) is 18.3 Å². The lowest BCUT2D eigenvalue weighted by Gasteiger charge is -2.47. The fourth-order valence-corrected chi connectivity index (χ4v) is 3.73. The van der Waals surface area contributed by atoms with Crippen LogP contribution in [0, 0.1) is 11.6 Å². The van der Waals surface area contributed by atoms with Gasteiger partial charge in [0, 0.05) is 38.9 Å². The van der Waals surface area contributed by atoms with Crippen molar-refractivity contribution in [2.45, 2.75) is 12.5 Å². The lowest BCUT2D eigenvalue weighted by Crippen LogP contribution is -2.61. The monoisotopic (exact) mass is 445 g/mol. The van der Waals surface area contributed by atoms with Crippen molar-refractivity contribution in [3.63, 3.8) is 0 Å². The van der Waals surface area contributed by atoms with Crippen LogP contribution in [0.1, 0.15) is 6.92 Å². The number of hydrogen-bond donors (Lipinski definition) is 0. The second kappa shape index (κ2) is 8.01. The largest absolute Gasteiger partial charge is 0.494 e. The first kappa shape index (κ1) is 21.9. The summed E-state index contributed by atoms with van der Waals surface area (Å²) >= 11 is 0. The third-order valence-electron chi connectivity index (χ3n) is 5.61. The number of anilines is 2. The summed E-state index contributed by atoms with van der Waals surface area (Å²) in [5.41, 5.74) is 0.00108. The van der Waals surface area contributed by atoms with E-state index in [-0.39, 0.29) is 28.4 Å². The molecule has 1 aliphatic heterocycles. The molecule has 1 aliphatic rings. The number of halogens is 2. The molecule has 4 rings (SSSR count). The lowest BCUT2D eigenvalue weighted by atomic mass is 9.96. The van der Waals surface area contributed by atoms with Crippen molar-refractivity contribution in [2.75, 3.05) is 58.3 Å². The second-order valence-corrected chi connectivity index (χ2v) is 8.13. The van der Waals surface area contributed by atoms with Crippen LogP contribution in [-0.4, -0.2) is 69.1 Å². The Balaban J connectivity index is 1.96. The van der Waals surface area contributed by atoms with Crippen LogP contribution < -0.4 is 19.3 Å². The second-order valence-electron chi connectivity index (χ2n) is 8.13. The molecule has 3 heterocycles. The first-order chi connectivity index (χ1) is 15.2. The number of ether oxygens (including phenoxy) is 3. The minimum atomic E-state index is -0.861. The Kier molecular flexibility index (Phi) is 5.49. The first-order valence-electron chi connectivity index (χ1n) is 9.97. The fraction of sp³-hybridized carbons (Fsp3) is 0.409. The highest BCUT2D eigenvalue weighted by Gasteiger charge is 2.41. The quantitative estimate of drug-likeness (QED) is 0.573. The molecule has 32 heavy (non-hydrogen) atoms. The smallest absolute Gasteiger partial charge is 0.225 e. The highest BCUT2D eigenvalue weighted by molar-refractivity contribution is 5.92. The summed E-state index contributed by atoms with van der Waals surface area (Å²) in [6.45, 7) is 3.10. The number of aromatic nitrogens is 3. The van der Waals surface area contributed by atoms with E-state index in [1.807, 2.05) is 25.9 Å². The van der Waals surface area contributed by atoms with Gasteiger partial charge in [0.25, 0.3) is 0 Å². The van der Waals surface area contributed by atoms with Crippen LogP contribution >= 0.6 is 0 Å². The number of benzene rings is 1. The third-order valence-corrected chi connectivity index (χ3v) is 5.61. The van der Waals surface area contributed by atoms with Gasteiger partial charge in [-0.25, -0.2) is 23.7 Å². The summed E-state index contributed by atoms with van der Waals surface area (Å²) in [7, 11) is 7.93. The van der Waals surface area contributed by atoms with Gasteiger partial charge in [-0.3, -0.25) is 0 Å². The van der Waals surface area contributed by atoms with E-state index in [0.29, 0.717) is 35.8 Å². The van der Waals surface area contributed by atoms with Gasteiger partial charge < -0.3 is 24.0 Å². The van der Waals surface area contributed by atoms with E-state index in [0.717, 1.165) is 0 Å². The summed E-state index contributed by atoms with van der Waals surface area (Å²) in [6, 6.07) is 2.73. The van der Waals surface area contributed by atoms with E-state index in [1.165, 1.54) is 20.3 Å². The number of hydrogen-bond acceptors (Lipinski definition) is 8. The average molecular weight is 445 g/mol. The zero-order valence-electron chi connectivity index (χ0n) is 18.9. The van der Waals surface area contributed by atoms with E-state index >= 15 is 8.78 Å². The number of rotatable bonds is 6. The number of nitrogens with zero attached hydrogens (tertiary/aromatic N) is 5. The molecule has 170 valence electrons. The Labute approximate surface area is 184 Å². The molecule has 0 radical (unpaired) electrons. The van der Waals surface area contributed by atoms with Crippen molar-refractivity contribution >= 4 is 22.7 Å². The molecule has 0 bridgehead atoms. The summed E-state index contributed by atoms with van der Waals surface area (Å²) < 4.78 is 46.1. The minimum absolute atomic E-state index is 0.0897. The number of methoxy groups -OCH3 is 3. The van der Waals surface area contributed by atoms with Gasteiger partial charge in [-0.1, -0.05) is 0 Å². The van der Waals surface area contributed by atoms with Gasteiger partial charge in [-0.15, -0.1) is 0 Å². The molecular formula is C22H25F2N5O3. The molecule has 2 aromatic heterocycles. The number of pyridine rings is 1. The van der Waals surface area contributed by atoms with E-state index in [1.54, 1.807) is 24.3 Å². The van der Waals surface area contributed by atoms with Gasteiger partial charge >= 0.3 is 0 Å². The van der Waals surface area contributed by atoms with E-state index in [9.17, 15) is 0 Å². The molecule has 0 N–H and O–H groups in total. The number of fused-ring (bicyclic) bond motifs is 1. The Bertz CT molecular complexity index is 1150. The molecule has 0 unspecified atom stereocenters. The SMILES string of the molecule is COc1cc(OC)c(F)c(-c2cc3cnc(N(C)C)nc3c(N3CC(C)(OC)C3)n2)c1F. The summed E-state index contributed by atoms with van der Waals surface area (Å²) in [5.74, 6) is -1.00. The Morgan fingerprint density at radius 3 is 2.16 bits per heavy atom. The Hall–Kier alpha value is -3.27. The van der Waals surface area contributed by atoms with Gasteiger partial charge in [0.2, 0.25) is 5.95 Å². The van der Waals surface area contributed by atoms with Crippen molar-refractivity contribution in [2.24, 2.45) is 0 Å². The van der Waals surface area contributed by atoms with Gasteiger partial charge in [0.1, 0.15) is 5.52 Å².